The molecule has 0 aromatic carbocycles. The molecule has 0 radical (unpaired) electrons. The molecule has 0 aliphatic rings. The van der Waals surface area contributed by atoms with Crippen molar-refractivity contribution in [3.8, 4) is 0 Å². The van der Waals surface area contributed by atoms with Crippen LogP contribution in [0.15, 0.2) is 30.6 Å². The second kappa shape index (κ2) is 14.0. The molecule has 0 amide bonds. The first-order valence-corrected chi connectivity index (χ1v) is 7.87. The molecule has 1 aromatic heterocycles. The number of rotatable bonds is 11. The van der Waals surface area contributed by atoms with E-state index in [0.29, 0.717) is 0 Å². The fourth-order valence-electron chi connectivity index (χ4n) is 2.37. The maximum absolute atomic E-state index is 2.28. The Kier molecular flexibility index (Phi) is 13.8. The van der Waals surface area contributed by atoms with Gasteiger partial charge < -0.3 is 0 Å². The van der Waals surface area contributed by atoms with Crippen LogP contribution >= 0.6 is 17.0 Å². The Morgan fingerprint density at radius 1 is 0.632 bits per heavy atom. The van der Waals surface area contributed by atoms with Crippen LogP contribution in [0.1, 0.15) is 71.1 Å². The van der Waals surface area contributed by atoms with Crippen LogP contribution in [0.25, 0.3) is 0 Å². The number of aryl methyl sites for hydroxylation is 1. The van der Waals surface area contributed by atoms with Crippen molar-refractivity contribution in [3.05, 3.63) is 30.6 Å². The third kappa shape index (κ3) is 11.2. The molecule has 0 bridgehead atoms. The number of nitrogens with zero attached hydrogens (tertiary/aromatic N) is 1. The van der Waals surface area contributed by atoms with Crippen molar-refractivity contribution >= 4 is 17.0 Å². The van der Waals surface area contributed by atoms with Gasteiger partial charge in [0, 0.05) is 18.6 Å². The highest BCUT2D eigenvalue weighted by Gasteiger charge is 1.97. The Morgan fingerprint density at radius 2 is 1.11 bits per heavy atom. The number of hydrogen-bond acceptors (Lipinski definition) is 0. The summed E-state index contributed by atoms with van der Waals surface area (Å²) in [5.74, 6) is 0. The van der Waals surface area contributed by atoms with Crippen LogP contribution in [-0.2, 0) is 6.54 Å². The van der Waals surface area contributed by atoms with Crippen LogP contribution in [0.3, 0.4) is 0 Å². The molecule has 0 atom stereocenters. The fourth-order valence-corrected chi connectivity index (χ4v) is 2.37. The molecule has 0 aliphatic heterocycles. The first-order chi connectivity index (χ1) is 8.93. The summed E-state index contributed by atoms with van der Waals surface area (Å²) in [7, 11) is 0. The minimum atomic E-state index is 0. The van der Waals surface area contributed by atoms with Crippen LogP contribution in [-0.4, -0.2) is 0 Å². The van der Waals surface area contributed by atoms with Crippen molar-refractivity contribution in [1.29, 1.82) is 0 Å². The zero-order valence-corrected chi connectivity index (χ0v) is 14.2. The minimum absolute atomic E-state index is 0. The number of hydrogen-bond donors (Lipinski definition) is 0. The van der Waals surface area contributed by atoms with Gasteiger partial charge in [0.2, 0.25) is 0 Å². The molecule has 0 aliphatic carbocycles. The van der Waals surface area contributed by atoms with E-state index >= 15 is 0 Å². The third-order valence-electron chi connectivity index (χ3n) is 3.55. The van der Waals surface area contributed by atoms with Gasteiger partial charge in [0.05, 0.1) is 0 Å². The molecular formula is C17H31BrN+. The van der Waals surface area contributed by atoms with Gasteiger partial charge in [0.15, 0.2) is 12.4 Å². The highest BCUT2D eigenvalue weighted by Crippen LogP contribution is 2.10. The predicted molar refractivity (Wildman–Crippen MR) is 88.8 cm³/mol. The van der Waals surface area contributed by atoms with E-state index in [4.69, 9.17) is 0 Å². The topological polar surface area (TPSA) is 3.88 Å². The summed E-state index contributed by atoms with van der Waals surface area (Å²) >= 11 is 0. The van der Waals surface area contributed by atoms with Gasteiger partial charge in [0.1, 0.15) is 6.54 Å². The largest absolute Gasteiger partial charge is 0.205 e. The monoisotopic (exact) mass is 328 g/mol. The molecule has 1 nitrogen and oxygen atoms in total. The summed E-state index contributed by atoms with van der Waals surface area (Å²) < 4.78 is 2.28. The first-order valence-electron chi connectivity index (χ1n) is 7.87. The SMILES string of the molecule is Br.CCCCCCCCCCCC[n+]1ccccc1. The van der Waals surface area contributed by atoms with Crippen LogP contribution in [0, 0.1) is 0 Å². The molecule has 0 N–H and O–H groups in total. The number of halogens is 1. The van der Waals surface area contributed by atoms with E-state index in [0.717, 1.165) is 0 Å². The molecule has 2 heteroatoms. The molecule has 0 saturated carbocycles. The highest BCUT2D eigenvalue weighted by molar-refractivity contribution is 8.93. The van der Waals surface area contributed by atoms with Crippen molar-refractivity contribution in [2.75, 3.05) is 0 Å². The maximum atomic E-state index is 2.28. The zero-order valence-electron chi connectivity index (χ0n) is 12.5. The molecule has 1 aromatic rings. The second-order valence-electron chi connectivity index (χ2n) is 5.30. The summed E-state index contributed by atoms with van der Waals surface area (Å²) in [4.78, 5) is 0. The van der Waals surface area contributed by atoms with Gasteiger partial charge in [-0.1, -0.05) is 64.4 Å². The number of pyridine rings is 1. The van der Waals surface area contributed by atoms with E-state index in [1.54, 1.807) is 0 Å². The molecule has 0 fully saturated rings. The highest BCUT2D eigenvalue weighted by atomic mass is 79.9. The first kappa shape index (κ1) is 18.6. The van der Waals surface area contributed by atoms with E-state index in [1.807, 2.05) is 0 Å². The summed E-state index contributed by atoms with van der Waals surface area (Å²) in [5, 5.41) is 0. The van der Waals surface area contributed by atoms with Crippen molar-refractivity contribution in [3.63, 3.8) is 0 Å². The van der Waals surface area contributed by atoms with Crippen molar-refractivity contribution in [1.82, 2.24) is 0 Å². The molecule has 0 saturated heterocycles. The molecule has 19 heavy (non-hydrogen) atoms. The predicted octanol–water partition coefficient (Wildman–Crippen LogP) is 5.47. The summed E-state index contributed by atoms with van der Waals surface area (Å²) in [6, 6.07) is 6.29. The molecule has 0 unspecified atom stereocenters. The number of aromatic nitrogens is 1. The van der Waals surface area contributed by atoms with Crippen LogP contribution < -0.4 is 4.57 Å². The van der Waals surface area contributed by atoms with E-state index in [2.05, 4.69) is 42.1 Å². The smallest absolute Gasteiger partial charge is 0.168 e. The van der Waals surface area contributed by atoms with Gasteiger partial charge in [-0.3, -0.25) is 0 Å². The van der Waals surface area contributed by atoms with Gasteiger partial charge >= 0.3 is 0 Å². The molecule has 1 rings (SSSR count). The Hall–Kier alpha value is -0.370. The van der Waals surface area contributed by atoms with E-state index < -0.39 is 0 Å². The minimum Gasteiger partial charge on any atom is -0.205 e. The fraction of sp³-hybridized carbons (Fsp3) is 0.706. The number of unbranched alkanes of at least 4 members (excludes halogenated alkanes) is 9. The van der Waals surface area contributed by atoms with Crippen molar-refractivity contribution in [2.24, 2.45) is 0 Å². The lowest BCUT2D eigenvalue weighted by atomic mass is 10.1. The lowest BCUT2D eigenvalue weighted by Crippen LogP contribution is -2.32. The summed E-state index contributed by atoms with van der Waals surface area (Å²) in [6.07, 6.45) is 18.5. The average Bonchev–Trinajstić information content (AvgIpc) is 2.42. The van der Waals surface area contributed by atoms with Crippen LogP contribution in [0.2, 0.25) is 0 Å². The van der Waals surface area contributed by atoms with Gasteiger partial charge in [-0.05, 0) is 6.42 Å². The van der Waals surface area contributed by atoms with Gasteiger partial charge in [-0.25, -0.2) is 4.57 Å². The standard InChI is InChI=1S/C17H30N.BrH/c1-2-3-4-5-6-7-8-9-10-12-15-18-16-13-11-14-17-18;/h11,13-14,16-17H,2-10,12,15H2,1H3;1H/q+1;. The van der Waals surface area contributed by atoms with Crippen LogP contribution in [0.5, 0.6) is 0 Å². The van der Waals surface area contributed by atoms with E-state index in [9.17, 15) is 0 Å². The third-order valence-corrected chi connectivity index (χ3v) is 3.55. The Morgan fingerprint density at radius 3 is 1.63 bits per heavy atom. The van der Waals surface area contributed by atoms with Gasteiger partial charge in [-0.2, -0.15) is 0 Å². The average molecular weight is 329 g/mol. The zero-order chi connectivity index (χ0) is 12.9. The molecular weight excluding hydrogens is 298 g/mol. The van der Waals surface area contributed by atoms with Crippen LogP contribution in [0.4, 0.5) is 0 Å². The molecule has 110 valence electrons. The molecule has 1 heterocycles. The van der Waals surface area contributed by atoms with Gasteiger partial charge in [-0.15, -0.1) is 17.0 Å². The van der Waals surface area contributed by atoms with E-state index in [1.165, 1.54) is 70.8 Å². The van der Waals surface area contributed by atoms with E-state index in [-0.39, 0.29) is 17.0 Å². The Bertz CT molecular complexity index is 274. The van der Waals surface area contributed by atoms with Crippen molar-refractivity contribution < 1.29 is 4.57 Å². The Balaban J connectivity index is 0.00000324. The summed E-state index contributed by atoms with van der Waals surface area (Å²) in [5.41, 5.74) is 0. The lowest BCUT2D eigenvalue weighted by Gasteiger charge is -2.01. The molecule has 0 spiro atoms. The maximum Gasteiger partial charge on any atom is 0.168 e. The normalized spacial score (nSPS) is 10.2. The lowest BCUT2D eigenvalue weighted by molar-refractivity contribution is -0.697. The van der Waals surface area contributed by atoms with Crippen molar-refractivity contribution in [2.45, 2.75) is 77.7 Å². The second-order valence-corrected chi connectivity index (χ2v) is 5.30. The quantitative estimate of drug-likeness (QED) is 0.374. The van der Waals surface area contributed by atoms with Gasteiger partial charge in [0.25, 0.3) is 0 Å². The summed E-state index contributed by atoms with van der Waals surface area (Å²) in [6.45, 7) is 3.46. The Labute approximate surface area is 130 Å².